The molecule has 5 nitrogen and oxygen atoms in total. The molecule has 0 spiro atoms. The summed E-state index contributed by atoms with van der Waals surface area (Å²) in [5.74, 6) is -2.20. The van der Waals surface area contributed by atoms with Crippen molar-refractivity contribution in [1.82, 2.24) is 0 Å². The summed E-state index contributed by atoms with van der Waals surface area (Å²) in [6.07, 6.45) is 5.20. The SMILES string of the molecule is C/C=C/C(CCCO[Si](C)(C)C(C)(C)C)C(C(=O)OCC)C(=O)OCC. The first-order chi connectivity index (χ1) is 12.0. The molecule has 0 radical (unpaired) electrons. The van der Waals surface area contributed by atoms with E-state index in [2.05, 4.69) is 33.9 Å². The number of carbonyl (C=O) groups excluding carboxylic acids is 2. The summed E-state index contributed by atoms with van der Waals surface area (Å²) in [4.78, 5) is 24.6. The molecule has 0 aromatic rings. The number of rotatable bonds is 11. The van der Waals surface area contributed by atoms with Gasteiger partial charge in [-0.15, -0.1) is 0 Å². The Morgan fingerprint density at radius 2 is 1.54 bits per heavy atom. The predicted molar refractivity (Wildman–Crippen MR) is 107 cm³/mol. The number of hydrogen-bond donors (Lipinski definition) is 0. The second kappa shape index (κ2) is 11.5. The molecule has 152 valence electrons. The Hall–Kier alpha value is -1.14. The van der Waals surface area contributed by atoms with Gasteiger partial charge in [0, 0.05) is 12.5 Å². The highest BCUT2D eigenvalue weighted by Gasteiger charge is 2.38. The molecule has 0 aromatic heterocycles. The van der Waals surface area contributed by atoms with E-state index in [-0.39, 0.29) is 24.2 Å². The fourth-order valence-electron chi connectivity index (χ4n) is 2.39. The maximum absolute atomic E-state index is 12.3. The third-order valence-electron chi connectivity index (χ3n) is 4.90. The molecule has 0 aliphatic rings. The van der Waals surface area contributed by atoms with E-state index in [1.54, 1.807) is 13.8 Å². The molecule has 0 aliphatic carbocycles. The minimum atomic E-state index is -1.79. The largest absolute Gasteiger partial charge is 0.465 e. The number of ether oxygens (including phenoxy) is 2. The lowest BCUT2D eigenvalue weighted by Gasteiger charge is -2.36. The molecular formula is C20H38O5Si. The van der Waals surface area contributed by atoms with Crippen molar-refractivity contribution >= 4 is 20.3 Å². The van der Waals surface area contributed by atoms with Gasteiger partial charge in [-0.2, -0.15) is 0 Å². The Morgan fingerprint density at radius 3 is 1.92 bits per heavy atom. The standard InChI is InChI=1S/C20H38O5Si/c1-9-13-16(14-12-15-25-26(7,8)20(4,5)6)17(18(21)23-10-2)19(22)24-11-3/h9,13,16-17H,10-12,14-15H2,1-8H3/b13-9+. The highest BCUT2D eigenvalue weighted by molar-refractivity contribution is 6.74. The minimum absolute atomic E-state index is 0.161. The maximum atomic E-state index is 12.3. The third-order valence-corrected chi connectivity index (χ3v) is 9.44. The summed E-state index contributed by atoms with van der Waals surface area (Å²) in [6, 6.07) is 0. The van der Waals surface area contributed by atoms with Gasteiger partial charge in [0.2, 0.25) is 0 Å². The fourth-order valence-corrected chi connectivity index (χ4v) is 3.48. The van der Waals surface area contributed by atoms with Gasteiger partial charge in [0.1, 0.15) is 0 Å². The maximum Gasteiger partial charge on any atom is 0.320 e. The van der Waals surface area contributed by atoms with Crippen LogP contribution in [0.15, 0.2) is 12.2 Å². The lowest BCUT2D eigenvalue weighted by atomic mass is 9.88. The normalized spacial score (nSPS) is 13.9. The van der Waals surface area contributed by atoms with Crippen LogP contribution in [0.3, 0.4) is 0 Å². The van der Waals surface area contributed by atoms with Crippen LogP contribution in [-0.2, 0) is 23.5 Å². The average Bonchev–Trinajstić information content (AvgIpc) is 2.51. The molecule has 0 fully saturated rings. The van der Waals surface area contributed by atoms with Gasteiger partial charge in [0.25, 0.3) is 0 Å². The summed E-state index contributed by atoms with van der Waals surface area (Å²) >= 11 is 0. The lowest BCUT2D eigenvalue weighted by molar-refractivity contribution is -0.163. The van der Waals surface area contributed by atoms with E-state index in [0.717, 1.165) is 6.42 Å². The molecule has 1 atom stereocenters. The van der Waals surface area contributed by atoms with E-state index in [1.165, 1.54) is 0 Å². The van der Waals surface area contributed by atoms with E-state index in [1.807, 2.05) is 19.1 Å². The topological polar surface area (TPSA) is 61.8 Å². The van der Waals surface area contributed by atoms with Crippen molar-refractivity contribution in [3.8, 4) is 0 Å². The zero-order valence-electron chi connectivity index (χ0n) is 17.9. The van der Waals surface area contributed by atoms with Crippen LogP contribution in [0.25, 0.3) is 0 Å². The second-order valence-electron chi connectivity index (χ2n) is 7.92. The Bertz CT molecular complexity index is 447. The van der Waals surface area contributed by atoms with Gasteiger partial charge >= 0.3 is 11.9 Å². The van der Waals surface area contributed by atoms with Crippen LogP contribution in [0.4, 0.5) is 0 Å². The van der Waals surface area contributed by atoms with Gasteiger partial charge in [0.15, 0.2) is 14.2 Å². The van der Waals surface area contributed by atoms with E-state index in [4.69, 9.17) is 13.9 Å². The monoisotopic (exact) mass is 386 g/mol. The highest BCUT2D eigenvalue weighted by Crippen LogP contribution is 2.36. The van der Waals surface area contributed by atoms with Crippen molar-refractivity contribution in [1.29, 1.82) is 0 Å². The molecule has 0 aromatic carbocycles. The van der Waals surface area contributed by atoms with Crippen molar-refractivity contribution in [2.45, 2.75) is 72.5 Å². The Labute approximate surface area is 160 Å². The zero-order chi connectivity index (χ0) is 20.4. The summed E-state index contributed by atoms with van der Waals surface area (Å²) in [7, 11) is -1.79. The quantitative estimate of drug-likeness (QED) is 0.169. The van der Waals surface area contributed by atoms with Crippen LogP contribution in [0.2, 0.25) is 18.1 Å². The lowest BCUT2D eigenvalue weighted by Crippen LogP contribution is -2.41. The fraction of sp³-hybridized carbons (Fsp3) is 0.800. The molecule has 0 saturated heterocycles. The Balaban J connectivity index is 5.00. The zero-order valence-corrected chi connectivity index (χ0v) is 18.9. The Morgan fingerprint density at radius 1 is 1.04 bits per heavy atom. The van der Waals surface area contributed by atoms with Gasteiger partial charge in [-0.05, 0) is 51.7 Å². The van der Waals surface area contributed by atoms with Crippen LogP contribution < -0.4 is 0 Å². The third kappa shape index (κ3) is 8.04. The molecule has 0 bridgehead atoms. The van der Waals surface area contributed by atoms with Crippen molar-refractivity contribution in [3.63, 3.8) is 0 Å². The molecule has 0 aliphatic heterocycles. The van der Waals surface area contributed by atoms with E-state index in [9.17, 15) is 9.59 Å². The van der Waals surface area contributed by atoms with Crippen molar-refractivity contribution in [3.05, 3.63) is 12.2 Å². The molecular weight excluding hydrogens is 348 g/mol. The van der Waals surface area contributed by atoms with Crippen LogP contribution in [0.5, 0.6) is 0 Å². The molecule has 0 N–H and O–H groups in total. The van der Waals surface area contributed by atoms with Crippen molar-refractivity contribution in [2.75, 3.05) is 19.8 Å². The number of esters is 2. The van der Waals surface area contributed by atoms with Crippen molar-refractivity contribution in [2.24, 2.45) is 11.8 Å². The van der Waals surface area contributed by atoms with Gasteiger partial charge in [-0.3, -0.25) is 9.59 Å². The van der Waals surface area contributed by atoms with E-state index >= 15 is 0 Å². The summed E-state index contributed by atoms with van der Waals surface area (Å²) in [5.41, 5.74) is 0. The number of allylic oxidation sites excluding steroid dienone is 2. The molecule has 0 amide bonds. The highest BCUT2D eigenvalue weighted by atomic mass is 28.4. The first kappa shape index (κ1) is 24.9. The first-order valence-corrected chi connectivity index (χ1v) is 12.5. The molecule has 0 saturated carbocycles. The summed E-state index contributed by atoms with van der Waals surface area (Å²) in [5, 5.41) is 0.161. The molecule has 1 unspecified atom stereocenters. The van der Waals surface area contributed by atoms with Crippen LogP contribution >= 0.6 is 0 Å². The van der Waals surface area contributed by atoms with Crippen LogP contribution in [0.1, 0.15) is 54.4 Å². The van der Waals surface area contributed by atoms with Gasteiger partial charge < -0.3 is 13.9 Å². The minimum Gasteiger partial charge on any atom is -0.465 e. The number of hydrogen-bond acceptors (Lipinski definition) is 5. The molecule has 0 rings (SSSR count). The molecule has 0 heterocycles. The smallest absolute Gasteiger partial charge is 0.320 e. The molecule has 6 heteroatoms. The van der Waals surface area contributed by atoms with Crippen LogP contribution in [0, 0.1) is 11.8 Å². The average molecular weight is 387 g/mol. The second-order valence-corrected chi connectivity index (χ2v) is 12.7. The summed E-state index contributed by atoms with van der Waals surface area (Å²) < 4.78 is 16.4. The number of carbonyl (C=O) groups is 2. The van der Waals surface area contributed by atoms with Gasteiger partial charge in [-0.25, -0.2) is 0 Å². The first-order valence-electron chi connectivity index (χ1n) is 9.61. The van der Waals surface area contributed by atoms with Crippen molar-refractivity contribution < 1.29 is 23.5 Å². The van der Waals surface area contributed by atoms with Gasteiger partial charge in [-0.1, -0.05) is 32.9 Å². The summed E-state index contributed by atoms with van der Waals surface area (Å²) in [6.45, 7) is 17.5. The van der Waals surface area contributed by atoms with Gasteiger partial charge in [0.05, 0.1) is 13.2 Å². The van der Waals surface area contributed by atoms with E-state index < -0.39 is 26.2 Å². The predicted octanol–water partition coefficient (Wildman–Crippen LogP) is 4.72. The Kier molecular flexibility index (Phi) is 11.0. The van der Waals surface area contributed by atoms with Crippen LogP contribution in [-0.4, -0.2) is 40.1 Å². The molecule has 26 heavy (non-hydrogen) atoms. The van der Waals surface area contributed by atoms with E-state index in [0.29, 0.717) is 13.0 Å².